The van der Waals surface area contributed by atoms with Crippen molar-refractivity contribution in [3.05, 3.63) is 47.4 Å². The molecule has 1 aliphatic rings. The van der Waals surface area contributed by atoms with Gasteiger partial charge in [-0.15, -0.1) is 0 Å². The van der Waals surface area contributed by atoms with Crippen molar-refractivity contribution in [2.45, 2.75) is 51.6 Å². The van der Waals surface area contributed by atoms with Gasteiger partial charge in [0.2, 0.25) is 23.4 Å². The number of halogens is 1. The van der Waals surface area contributed by atoms with E-state index in [1.165, 1.54) is 12.1 Å². The molecule has 0 spiro atoms. The van der Waals surface area contributed by atoms with Crippen molar-refractivity contribution in [1.29, 1.82) is 0 Å². The molecule has 0 bridgehead atoms. The minimum absolute atomic E-state index is 0.0202. The Bertz CT molecular complexity index is 847. The van der Waals surface area contributed by atoms with Gasteiger partial charge in [0.1, 0.15) is 5.82 Å². The Balaban J connectivity index is 1.58. The molecular weight excluding hydrogens is 363 g/mol. The molecule has 0 saturated carbocycles. The van der Waals surface area contributed by atoms with Gasteiger partial charge < -0.3 is 14.7 Å². The Labute approximate surface area is 163 Å². The third-order valence-corrected chi connectivity index (χ3v) is 4.90. The lowest BCUT2D eigenvalue weighted by atomic mass is 9.95. The summed E-state index contributed by atoms with van der Waals surface area (Å²) in [6.45, 7) is 6.24. The molecule has 28 heavy (non-hydrogen) atoms. The first-order valence-electron chi connectivity index (χ1n) is 9.39. The first-order chi connectivity index (χ1) is 13.2. The molecule has 1 saturated heterocycles. The molecule has 1 N–H and O–H groups in total. The second kappa shape index (κ2) is 8.18. The van der Waals surface area contributed by atoms with Gasteiger partial charge in [0.05, 0.1) is 12.6 Å². The fourth-order valence-electron chi connectivity index (χ4n) is 3.48. The van der Waals surface area contributed by atoms with Crippen LogP contribution in [0.25, 0.3) is 0 Å². The number of carbonyl (C=O) groups is 2. The number of ketones is 1. The molecule has 1 aliphatic heterocycles. The highest BCUT2D eigenvalue weighted by molar-refractivity contribution is 5.99. The van der Waals surface area contributed by atoms with Gasteiger partial charge in [0, 0.05) is 19.0 Å². The van der Waals surface area contributed by atoms with Crippen molar-refractivity contribution in [1.82, 2.24) is 20.4 Å². The summed E-state index contributed by atoms with van der Waals surface area (Å²) in [4.78, 5) is 30.9. The second-order valence-electron chi connectivity index (χ2n) is 7.79. The average Bonchev–Trinajstić information content (AvgIpc) is 3.30. The Morgan fingerprint density at radius 1 is 1.32 bits per heavy atom. The zero-order valence-corrected chi connectivity index (χ0v) is 16.4. The van der Waals surface area contributed by atoms with E-state index in [-0.39, 0.29) is 35.4 Å². The minimum Gasteiger partial charge on any atom is -0.339 e. The van der Waals surface area contributed by atoms with E-state index in [1.54, 1.807) is 24.0 Å². The molecule has 7 nitrogen and oxygen atoms in total. The fourth-order valence-corrected chi connectivity index (χ4v) is 3.48. The standard InChI is InChI=1S/C20H25FN4O3/c1-13-23-19(24-28-13)18(27)16-5-4-10-25(16)17(26)12-22-20(2,3)11-14-6-8-15(21)9-7-14/h6-9,16,22H,4-5,10-12H2,1-3H3. The van der Waals surface area contributed by atoms with Gasteiger partial charge >= 0.3 is 0 Å². The van der Waals surface area contributed by atoms with Gasteiger partial charge in [-0.2, -0.15) is 4.98 Å². The van der Waals surface area contributed by atoms with Crippen LogP contribution in [0.3, 0.4) is 0 Å². The van der Waals surface area contributed by atoms with Crippen LogP contribution in [0.4, 0.5) is 4.39 Å². The van der Waals surface area contributed by atoms with Crippen LogP contribution in [-0.2, 0) is 11.2 Å². The topological polar surface area (TPSA) is 88.3 Å². The molecule has 8 heteroatoms. The van der Waals surface area contributed by atoms with Crippen molar-refractivity contribution >= 4 is 11.7 Å². The third-order valence-electron chi connectivity index (χ3n) is 4.90. The molecule has 1 fully saturated rings. The Kier molecular flexibility index (Phi) is 5.88. The number of aromatic nitrogens is 2. The highest BCUT2D eigenvalue weighted by Crippen LogP contribution is 2.21. The lowest BCUT2D eigenvalue weighted by molar-refractivity contribution is -0.130. The quantitative estimate of drug-likeness (QED) is 0.733. The van der Waals surface area contributed by atoms with E-state index < -0.39 is 6.04 Å². The van der Waals surface area contributed by atoms with Gasteiger partial charge in [0.25, 0.3) is 0 Å². The van der Waals surface area contributed by atoms with Crippen LogP contribution in [0.2, 0.25) is 0 Å². The number of likely N-dealkylation sites (tertiary alicyclic amines) is 1. The number of Topliss-reactive ketones (excluding diaryl/α,β-unsaturated/α-hetero) is 1. The number of rotatable bonds is 7. The number of amides is 1. The van der Waals surface area contributed by atoms with Crippen LogP contribution in [0.1, 0.15) is 48.8 Å². The van der Waals surface area contributed by atoms with Gasteiger partial charge in [-0.25, -0.2) is 4.39 Å². The Morgan fingerprint density at radius 3 is 2.68 bits per heavy atom. The summed E-state index contributed by atoms with van der Waals surface area (Å²) in [7, 11) is 0. The predicted molar refractivity (Wildman–Crippen MR) is 100 cm³/mol. The summed E-state index contributed by atoms with van der Waals surface area (Å²) in [5.41, 5.74) is 0.616. The molecule has 150 valence electrons. The van der Waals surface area contributed by atoms with Gasteiger partial charge in [-0.1, -0.05) is 17.3 Å². The number of carbonyl (C=O) groups excluding carboxylic acids is 2. The molecule has 1 aromatic carbocycles. The number of aryl methyl sites for hydroxylation is 1. The molecule has 1 amide bonds. The monoisotopic (exact) mass is 388 g/mol. The second-order valence-corrected chi connectivity index (χ2v) is 7.79. The number of hydrogen-bond acceptors (Lipinski definition) is 6. The average molecular weight is 388 g/mol. The molecule has 0 aliphatic carbocycles. The SMILES string of the molecule is Cc1nc(C(=O)C2CCCN2C(=O)CNC(C)(C)Cc2ccc(F)cc2)no1. The maximum Gasteiger partial charge on any atom is 0.240 e. The van der Waals surface area contributed by atoms with Crippen LogP contribution in [0.5, 0.6) is 0 Å². The lowest BCUT2D eigenvalue weighted by Gasteiger charge is -2.29. The lowest BCUT2D eigenvalue weighted by Crippen LogP contribution is -2.50. The molecule has 2 heterocycles. The van der Waals surface area contributed by atoms with E-state index in [2.05, 4.69) is 15.5 Å². The van der Waals surface area contributed by atoms with E-state index in [0.717, 1.165) is 12.0 Å². The minimum atomic E-state index is -0.550. The smallest absolute Gasteiger partial charge is 0.240 e. The first-order valence-corrected chi connectivity index (χ1v) is 9.39. The molecule has 0 radical (unpaired) electrons. The predicted octanol–water partition coefficient (Wildman–Crippen LogP) is 2.30. The molecule has 2 aromatic rings. The molecular formula is C20H25FN4O3. The van der Waals surface area contributed by atoms with E-state index in [9.17, 15) is 14.0 Å². The number of nitrogens with zero attached hydrogens (tertiary/aromatic N) is 3. The van der Waals surface area contributed by atoms with Crippen molar-refractivity contribution in [2.24, 2.45) is 0 Å². The van der Waals surface area contributed by atoms with Crippen molar-refractivity contribution < 1.29 is 18.5 Å². The summed E-state index contributed by atoms with van der Waals surface area (Å²) in [5, 5.41) is 6.93. The van der Waals surface area contributed by atoms with E-state index >= 15 is 0 Å². The summed E-state index contributed by atoms with van der Waals surface area (Å²) in [5.74, 6) is -0.349. The largest absolute Gasteiger partial charge is 0.339 e. The highest BCUT2D eigenvalue weighted by Gasteiger charge is 2.36. The normalized spacial score (nSPS) is 17.1. The van der Waals surface area contributed by atoms with Crippen molar-refractivity contribution in [3.63, 3.8) is 0 Å². The summed E-state index contributed by atoms with van der Waals surface area (Å²) in [6.07, 6.45) is 2.00. The Hall–Kier alpha value is -2.61. The van der Waals surface area contributed by atoms with Gasteiger partial charge in [0.15, 0.2) is 0 Å². The molecule has 1 aromatic heterocycles. The van der Waals surface area contributed by atoms with Crippen LogP contribution >= 0.6 is 0 Å². The van der Waals surface area contributed by atoms with Crippen LogP contribution < -0.4 is 5.32 Å². The Morgan fingerprint density at radius 2 is 2.04 bits per heavy atom. The van der Waals surface area contributed by atoms with E-state index in [1.807, 2.05) is 13.8 Å². The van der Waals surface area contributed by atoms with Gasteiger partial charge in [-0.05, 0) is 50.8 Å². The molecule has 1 unspecified atom stereocenters. The third kappa shape index (κ3) is 4.81. The zero-order valence-electron chi connectivity index (χ0n) is 16.4. The van der Waals surface area contributed by atoms with Crippen molar-refractivity contribution in [2.75, 3.05) is 13.1 Å². The molecule has 1 atom stereocenters. The van der Waals surface area contributed by atoms with E-state index in [0.29, 0.717) is 25.3 Å². The van der Waals surface area contributed by atoms with Crippen LogP contribution in [0, 0.1) is 12.7 Å². The number of nitrogens with one attached hydrogen (secondary N) is 1. The summed E-state index contributed by atoms with van der Waals surface area (Å²) >= 11 is 0. The molecule has 3 rings (SSSR count). The number of hydrogen-bond donors (Lipinski definition) is 1. The summed E-state index contributed by atoms with van der Waals surface area (Å²) < 4.78 is 17.9. The highest BCUT2D eigenvalue weighted by atomic mass is 19.1. The first kappa shape index (κ1) is 20.1. The maximum absolute atomic E-state index is 13.1. The van der Waals surface area contributed by atoms with Crippen molar-refractivity contribution in [3.8, 4) is 0 Å². The van der Waals surface area contributed by atoms with Crippen LogP contribution in [-0.4, -0.2) is 51.4 Å². The van der Waals surface area contributed by atoms with Crippen LogP contribution in [0.15, 0.2) is 28.8 Å². The van der Waals surface area contributed by atoms with Gasteiger partial charge in [-0.3, -0.25) is 9.59 Å². The van der Waals surface area contributed by atoms with E-state index in [4.69, 9.17) is 4.52 Å². The maximum atomic E-state index is 13.1. The fraction of sp³-hybridized carbons (Fsp3) is 0.500. The zero-order chi connectivity index (χ0) is 20.3. The summed E-state index contributed by atoms with van der Waals surface area (Å²) in [6, 6.07) is 5.78. The number of benzene rings is 1.